The summed E-state index contributed by atoms with van der Waals surface area (Å²) >= 11 is 0. The molecule has 1 aliphatic heterocycles. The Morgan fingerprint density at radius 3 is 2.79 bits per heavy atom. The van der Waals surface area contributed by atoms with Crippen LogP contribution in [0.2, 0.25) is 0 Å². The van der Waals surface area contributed by atoms with Gasteiger partial charge in [0, 0.05) is 38.2 Å². The molecule has 126 valence electrons. The molecule has 0 radical (unpaired) electrons. The molecule has 0 aliphatic carbocycles. The van der Waals surface area contributed by atoms with E-state index in [1.165, 1.54) is 17.5 Å². The molecule has 5 heteroatoms. The van der Waals surface area contributed by atoms with Crippen LogP contribution in [0, 0.1) is 0 Å². The predicted molar refractivity (Wildman–Crippen MR) is 93.7 cm³/mol. The second kappa shape index (κ2) is 7.53. The number of amides is 1. The molecule has 0 N–H and O–H groups in total. The Labute approximate surface area is 143 Å². The van der Waals surface area contributed by atoms with E-state index < -0.39 is 0 Å². The highest BCUT2D eigenvalue weighted by molar-refractivity contribution is 5.92. The number of carbonyl (C=O) groups is 1. The van der Waals surface area contributed by atoms with Gasteiger partial charge in [0.2, 0.25) is 0 Å². The van der Waals surface area contributed by atoms with Crippen LogP contribution in [-0.4, -0.2) is 52.9 Å². The maximum Gasteiger partial charge on any atom is 0.272 e. The number of hydrogen-bond acceptors (Lipinski definition) is 4. The van der Waals surface area contributed by atoms with Crippen LogP contribution in [0.25, 0.3) is 0 Å². The van der Waals surface area contributed by atoms with Crippen molar-refractivity contribution >= 4 is 5.91 Å². The molecule has 0 bridgehead atoms. The van der Waals surface area contributed by atoms with Crippen molar-refractivity contribution in [3.8, 4) is 0 Å². The average molecular weight is 324 g/mol. The molecule has 3 heterocycles. The van der Waals surface area contributed by atoms with Gasteiger partial charge in [-0.3, -0.25) is 19.7 Å². The molecule has 1 aliphatic rings. The summed E-state index contributed by atoms with van der Waals surface area (Å²) in [5.74, 6) is -0.0217. The molecule has 1 atom stereocenters. The number of nitrogens with zero attached hydrogens (tertiary/aromatic N) is 4. The molecule has 3 rings (SSSR count). The number of likely N-dealkylation sites (N-methyl/N-ethyl adjacent to an activating group) is 1. The quantitative estimate of drug-likeness (QED) is 0.848. The Morgan fingerprint density at radius 2 is 2.08 bits per heavy atom. The maximum atomic E-state index is 12.7. The molecule has 1 saturated heterocycles. The molecular weight excluding hydrogens is 300 g/mol. The van der Waals surface area contributed by atoms with Gasteiger partial charge in [-0.05, 0) is 68.2 Å². The summed E-state index contributed by atoms with van der Waals surface area (Å²) in [6.45, 7) is 1.78. The Bertz CT molecular complexity index is 689. The van der Waals surface area contributed by atoms with Gasteiger partial charge in [-0.25, -0.2) is 0 Å². The number of pyridine rings is 2. The Hall–Kier alpha value is -2.27. The number of hydrogen-bond donors (Lipinski definition) is 0. The average Bonchev–Trinajstić information content (AvgIpc) is 3.06. The zero-order chi connectivity index (χ0) is 16.9. The van der Waals surface area contributed by atoms with Crippen molar-refractivity contribution in [2.75, 3.05) is 27.2 Å². The van der Waals surface area contributed by atoms with Gasteiger partial charge < -0.3 is 4.90 Å². The van der Waals surface area contributed by atoms with Gasteiger partial charge in [0.1, 0.15) is 5.69 Å². The lowest BCUT2D eigenvalue weighted by atomic mass is 10.0. The van der Waals surface area contributed by atoms with Crippen molar-refractivity contribution in [1.29, 1.82) is 0 Å². The second-order valence-corrected chi connectivity index (χ2v) is 6.45. The van der Waals surface area contributed by atoms with E-state index in [2.05, 4.69) is 21.9 Å². The van der Waals surface area contributed by atoms with Crippen molar-refractivity contribution in [3.63, 3.8) is 0 Å². The second-order valence-electron chi connectivity index (χ2n) is 6.45. The van der Waals surface area contributed by atoms with Gasteiger partial charge in [-0.2, -0.15) is 0 Å². The van der Waals surface area contributed by atoms with Crippen LogP contribution in [0.5, 0.6) is 0 Å². The first kappa shape index (κ1) is 16.6. The Morgan fingerprint density at radius 1 is 1.29 bits per heavy atom. The Balaban J connectivity index is 1.65. The van der Waals surface area contributed by atoms with E-state index in [1.54, 1.807) is 23.5 Å². The molecule has 2 aromatic heterocycles. The molecule has 0 unspecified atom stereocenters. The van der Waals surface area contributed by atoms with E-state index in [0.29, 0.717) is 18.3 Å². The van der Waals surface area contributed by atoms with E-state index in [4.69, 9.17) is 0 Å². The van der Waals surface area contributed by atoms with Gasteiger partial charge in [0.05, 0.1) is 0 Å². The Kier molecular flexibility index (Phi) is 5.20. The van der Waals surface area contributed by atoms with Gasteiger partial charge >= 0.3 is 0 Å². The lowest BCUT2D eigenvalue weighted by Crippen LogP contribution is -2.29. The zero-order valence-electron chi connectivity index (χ0n) is 14.4. The zero-order valence-corrected chi connectivity index (χ0v) is 14.4. The van der Waals surface area contributed by atoms with Crippen LogP contribution in [0.3, 0.4) is 0 Å². The number of rotatable bonds is 5. The van der Waals surface area contributed by atoms with Gasteiger partial charge in [0.25, 0.3) is 5.91 Å². The van der Waals surface area contributed by atoms with Crippen LogP contribution < -0.4 is 0 Å². The van der Waals surface area contributed by atoms with Crippen LogP contribution in [0.4, 0.5) is 0 Å². The molecule has 1 amide bonds. The van der Waals surface area contributed by atoms with E-state index in [0.717, 1.165) is 19.4 Å². The minimum Gasteiger partial charge on any atom is -0.340 e. The standard InChI is InChI=1S/C19H24N4O/c1-22-12-3-4-18(22)16-7-11-21-17(14-16)19(24)23(2)13-8-15-5-9-20-10-6-15/h5-7,9-11,14,18H,3-4,8,12-13H2,1-2H3/t18-/m1/s1. The van der Waals surface area contributed by atoms with Crippen LogP contribution in [0.1, 0.15) is 40.5 Å². The van der Waals surface area contributed by atoms with E-state index in [-0.39, 0.29) is 5.91 Å². The van der Waals surface area contributed by atoms with Crippen molar-refractivity contribution in [3.05, 3.63) is 59.7 Å². The van der Waals surface area contributed by atoms with Crippen LogP contribution in [0.15, 0.2) is 42.9 Å². The SMILES string of the molecule is CN(CCc1ccncc1)C(=O)c1cc([C@H]2CCCN2C)ccn1. The topological polar surface area (TPSA) is 49.3 Å². The minimum atomic E-state index is -0.0217. The summed E-state index contributed by atoms with van der Waals surface area (Å²) in [5, 5.41) is 0. The van der Waals surface area contributed by atoms with Crippen molar-refractivity contribution in [2.24, 2.45) is 0 Å². The summed E-state index contributed by atoms with van der Waals surface area (Å²) in [4.78, 5) is 25.0. The normalized spacial score (nSPS) is 17.8. The molecule has 1 fully saturated rings. The first-order valence-corrected chi connectivity index (χ1v) is 8.45. The molecule has 0 spiro atoms. The fourth-order valence-corrected chi connectivity index (χ4v) is 3.25. The molecule has 24 heavy (non-hydrogen) atoms. The highest BCUT2D eigenvalue weighted by Crippen LogP contribution is 2.30. The predicted octanol–water partition coefficient (Wildman–Crippen LogP) is 2.56. The summed E-state index contributed by atoms with van der Waals surface area (Å²) < 4.78 is 0. The molecule has 2 aromatic rings. The number of likely N-dealkylation sites (tertiary alicyclic amines) is 1. The molecule has 0 aromatic carbocycles. The largest absolute Gasteiger partial charge is 0.340 e. The van der Waals surface area contributed by atoms with Gasteiger partial charge in [-0.15, -0.1) is 0 Å². The summed E-state index contributed by atoms with van der Waals surface area (Å²) in [7, 11) is 3.97. The highest BCUT2D eigenvalue weighted by Gasteiger charge is 2.24. The van der Waals surface area contributed by atoms with Crippen molar-refractivity contribution in [2.45, 2.75) is 25.3 Å². The molecular formula is C19H24N4O. The summed E-state index contributed by atoms with van der Waals surface area (Å²) in [6, 6.07) is 8.35. The maximum absolute atomic E-state index is 12.7. The van der Waals surface area contributed by atoms with E-state index in [9.17, 15) is 4.79 Å². The summed E-state index contributed by atoms with van der Waals surface area (Å²) in [6.07, 6.45) is 8.48. The molecule has 5 nitrogen and oxygen atoms in total. The first-order valence-electron chi connectivity index (χ1n) is 8.45. The smallest absolute Gasteiger partial charge is 0.272 e. The van der Waals surface area contributed by atoms with Crippen molar-refractivity contribution in [1.82, 2.24) is 19.8 Å². The number of carbonyl (C=O) groups excluding carboxylic acids is 1. The number of aromatic nitrogens is 2. The third-order valence-electron chi connectivity index (χ3n) is 4.74. The van der Waals surface area contributed by atoms with Gasteiger partial charge in [0.15, 0.2) is 0 Å². The summed E-state index contributed by atoms with van der Waals surface area (Å²) in [5.41, 5.74) is 2.90. The first-order chi connectivity index (χ1) is 11.6. The van der Waals surface area contributed by atoms with E-state index >= 15 is 0 Å². The lowest BCUT2D eigenvalue weighted by Gasteiger charge is -2.21. The minimum absolute atomic E-state index is 0.0217. The van der Waals surface area contributed by atoms with Crippen LogP contribution in [-0.2, 0) is 6.42 Å². The van der Waals surface area contributed by atoms with E-state index in [1.807, 2.05) is 31.3 Å². The fourth-order valence-electron chi connectivity index (χ4n) is 3.25. The van der Waals surface area contributed by atoms with Crippen molar-refractivity contribution < 1.29 is 4.79 Å². The highest BCUT2D eigenvalue weighted by atomic mass is 16.2. The lowest BCUT2D eigenvalue weighted by molar-refractivity contribution is 0.0790. The fraction of sp³-hybridized carbons (Fsp3) is 0.421. The van der Waals surface area contributed by atoms with Crippen LogP contribution >= 0.6 is 0 Å². The third-order valence-corrected chi connectivity index (χ3v) is 4.74. The van der Waals surface area contributed by atoms with Gasteiger partial charge in [-0.1, -0.05) is 0 Å². The third kappa shape index (κ3) is 3.79. The monoisotopic (exact) mass is 324 g/mol. The molecule has 0 saturated carbocycles.